The van der Waals surface area contributed by atoms with Crippen molar-refractivity contribution in [2.45, 2.75) is 83.5 Å². The Morgan fingerprint density at radius 1 is 0.844 bits per heavy atom. The predicted octanol–water partition coefficient (Wildman–Crippen LogP) is -1.69. The number of carboxylic acid groups (broad SMARTS) is 1. The normalized spacial score (nSPS) is 14.7. The molecule has 4 atom stereocenters. The minimum absolute atomic E-state index is 0.180. The highest BCUT2D eigenvalue weighted by molar-refractivity contribution is 5.94. The van der Waals surface area contributed by atoms with Crippen molar-refractivity contribution in [3.05, 3.63) is 0 Å². The molecule has 32 heavy (non-hydrogen) atoms. The number of unbranched alkanes of at least 4 members (excludes halogenated alkanes) is 1. The van der Waals surface area contributed by atoms with Crippen molar-refractivity contribution in [3.63, 3.8) is 0 Å². The number of nitrogens with two attached hydrogens (primary N) is 3. The summed E-state index contributed by atoms with van der Waals surface area (Å²) in [6.07, 6.45) is 1.37. The van der Waals surface area contributed by atoms with Crippen LogP contribution in [0.25, 0.3) is 0 Å². The van der Waals surface area contributed by atoms with Crippen molar-refractivity contribution in [1.82, 2.24) is 16.0 Å². The van der Waals surface area contributed by atoms with E-state index in [9.17, 15) is 29.1 Å². The van der Waals surface area contributed by atoms with Gasteiger partial charge in [0, 0.05) is 6.42 Å². The molecule has 0 aliphatic rings. The molecule has 0 radical (unpaired) electrons. The van der Waals surface area contributed by atoms with Crippen molar-refractivity contribution < 1.29 is 29.1 Å². The second-order valence-corrected chi connectivity index (χ2v) is 8.22. The minimum atomic E-state index is -1.34. The largest absolute Gasteiger partial charge is 0.480 e. The molecule has 0 rings (SSSR count). The van der Waals surface area contributed by atoms with Crippen molar-refractivity contribution in [2.75, 3.05) is 6.54 Å². The summed E-state index contributed by atoms with van der Waals surface area (Å²) >= 11 is 0. The van der Waals surface area contributed by atoms with Crippen LogP contribution in [0.4, 0.5) is 0 Å². The molecule has 0 aliphatic heterocycles. The molecule has 0 aromatic rings. The SMILES string of the molecule is CC(C)CC(N)C(=O)NC(C)C(=O)NC(CCCCN)C(=O)NC(CCC(N)=O)C(=O)O. The Labute approximate surface area is 188 Å². The second kappa shape index (κ2) is 15.1. The van der Waals surface area contributed by atoms with Crippen molar-refractivity contribution in [3.8, 4) is 0 Å². The molecular weight excluding hydrogens is 420 g/mol. The van der Waals surface area contributed by atoms with Crippen molar-refractivity contribution in [2.24, 2.45) is 23.1 Å². The summed E-state index contributed by atoms with van der Waals surface area (Å²) < 4.78 is 0. The summed E-state index contributed by atoms with van der Waals surface area (Å²) in [5.41, 5.74) is 16.3. The van der Waals surface area contributed by atoms with Crippen molar-refractivity contribution in [1.29, 1.82) is 0 Å². The van der Waals surface area contributed by atoms with Gasteiger partial charge >= 0.3 is 5.97 Å². The maximum atomic E-state index is 12.7. The number of carbonyl (C=O) groups is 5. The quantitative estimate of drug-likeness (QED) is 0.132. The number of amides is 4. The minimum Gasteiger partial charge on any atom is -0.480 e. The van der Waals surface area contributed by atoms with Crippen molar-refractivity contribution >= 4 is 29.6 Å². The Bertz CT molecular complexity index is 656. The third-order valence-electron chi connectivity index (χ3n) is 4.69. The lowest BCUT2D eigenvalue weighted by Gasteiger charge is -2.24. The first-order valence-electron chi connectivity index (χ1n) is 10.8. The summed E-state index contributed by atoms with van der Waals surface area (Å²) in [6.45, 7) is 5.68. The Hall–Kier alpha value is -2.73. The fourth-order valence-electron chi connectivity index (χ4n) is 2.88. The first-order valence-corrected chi connectivity index (χ1v) is 10.8. The van der Waals surface area contributed by atoms with Gasteiger partial charge in [-0.2, -0.15) is 0 Å². The monoisotopic (exact) mass is 458 g/mol. The number of rotatable bonds is 16. The predicted molar refractivity (Wildman–Crippen MR) is 118 cm³/mol. The number of hydrogen-bond donors (Lipinski definition) is 7. The van der Waals surface area contributed by atoms with E-state index in [-0.39, 0.29) is 25.2 Å². The summed E-state index contributed by atoms with van der Waals surface area (Å²) in [5, 5.41) is 16.7. The van der Waals surface area contributed by atoms with Gasteiger partial charge in [0.25, 0.3) is 0 Å². The molecular formula is C20H38N6O6. The van der Waals surface area contributed by atoms with E-state index in [0.29, 0.717) is 25.8 Å². The van der Waals surface area contributed by atoms with E-state index in [1.165, 1.54) is 6.92 Å². The Balaban J connectivity index is 5.13. The van der Waals surface area contributed by atoms with E-state index < -0.39 is 53.8 Å². The number of nitrogens with one attached hydrogen (secondary N) is 3. The van der Waals surface area contributed by atoms with Crippen LogP contribution in [-0.4, -0.2) is 65.4 Å². The van der Waals surface area contributed by atoms with E-state index >= 15 is 0 Å². The number of primary amides is 1. The highest BCUT2D eigenvalue weighted by atomic mass is 16.4. The lowest BCUT2D eigenvalue weighted by Crippen LogP contribution is -2.56. The summed E-state index contributed by atoms with van der Waals surface area (Å²) in [6, 6.07) is -4.12. The van der Waals surface area contributed by atoms with Crippen LogP contribution in [0.3, 0.4) is 0 Å². The van der Waals surface area contributed by atoms with Gasteiger partial charge in [-0.05, 0) is 51.5 Å². The molecule has 0 heterocycles. The highest BCUT2D eigenvalue weighted by Crippen LogP contribution is 2.06. The fourth-order valence-corrected chi connectivity index (χ4v) is 2.88. The lowest BCUT2D eigenvalue weighted by atomic mass is 10.0. The average molecular weight is 459 g/mol. The Morgan fingerprint density at radius 2 is 1.44 bits per heavy atom. The molecule has 0 aromatic heterocycles. The maximum Gasteiger partial charge on any atom is 0.326 e. The number of aliphatic carboxylic acids is 1. The van der Waals surface area contributed by atoms with E-state index in [2.05, 4.69) is 16.0 Å². The molecule has 0 saturated heterocycles. The average Bonchev–Trinajstić information content (AvgIpc) is 2.68. The molecule has 0 bridgehead atoms. The van der Waals surface area contributed by atoms with Gasteiger partial charge in [0.15, 0.2) is 0 Å². The van der Waals surface area contributed by atoms with Gasteiger partial charge in [0.2, 0.25) is 23.6 Å². The van der Waals surface area contributed by atoms with Gasteiger partial charge in [-0.25, -0.2) is 4.79 Å². The zero-order valence-electron chi connectivity index (χ0n) is 19.1. The van der Waals surface area contributed by atoms with E-state index in [0.717, 1.165) is 0 Å². The summed E-state index contributed by atoms with van der Waals surface area (Å²) in [7, 11) is 0. The smallest absolute Gasteiger partial charge is 0.326 e. The lowest BCUT2D eigenvalue weighted by molar-refractivity contribution is -0.142. The van der Waals surface area contributed by atoms with Crippen LogP contribution in [0.5, 0.6) is 0 Å². The zero-order valence-corrected chi connectivity index (χ0v) is 19.1. The molecule has 184 valence electrons. The summed E-state index contributed by atoms with van der Waals surface area (Å²) in [4.78, 5) is 59.7. The third kappa shape index (κ3) is 12.2. The first kappa shape index (κ1) is 29.3. The van der Waals surface area contributed by atoms with Gasteiger partial charge in [0.1, 0.15) is 18.1 Å². The molecule has 0 aliphatic carbocycles. The van der Waals surface area contributed by atoms with Crippen LogP contribution in [-0.2, 0) is 24.0 Å². The van der Waals surface area contributed by atoms with Gasteiger partial charge in [0.05, 0.1) is 6.04 Å². The third-order valence-corrected chi connectivity index (χ3v) is 4.69. The molecule has 4 unspecified atom stereocenters. The molecule has 0 saturated carbocycles. The molecule has 0 spiro atoms. The van der Waals surface area contributed by atoms with Crippen LogP contribution in [0.1, 0.15) is 59.3 Å². The molecule has 0 aromatic carbocycles. The van der Waals surface area contributed by atoms with Crippen LogP contribution < -0.4 is 33.2 Å². The molecule has 0 fully saturated rings. The fraction of sp³-hybridized carbons (Fsp3) is 0.750. The Morgan fingerprint density at radius 3 is 1.94 bits per heavy atom. The van der Waals surface area contributed by atoms with Crippen LogP contribution >= 0.6 is 0 Å². The zero-order chi connectivity index (χ0) is 24.8. The van der Waals surface area contributed by atoms with Gasteiger partial charge < -0.3 is 38.3 Å². The molecule has 4 amide bonds. The van der Waals surface area contributed by atoms with E-state index in [4.69, 9.17) is 17.2 Å². The Kier molecular flexibility index (Phi) is 13.8. The van der Waals surface area contributed by atoms with Crippen LogP contribution in [0.2, 0.25) is 0 Å². The van der Waals surface area contributed by atoms with E-state index in [1.807, 2.05) is 13.8 Å². The first-order chi connectivity index (χ1) is 14.9. The van der Waals surface area contributed by atoms with Gasteiger partial charge in [-0.15, -0.1) is 0 Å². The highest BCUT2D eigenvalue weighted by Gasteiger charge is 2.28. The van der Waals surface area contributed by atoms with Crippen LogP contribution in [0.15, 0.2) is 0 Å². The standard InChI is InChI=1S/C20H38N6O6/c1-11(2)10-13(22)18(29)24-12(3)17(28)25-14(6-4-5-9-21)19(30)26-15(20(31)32)7-8-16(23)27/h11-15H,4-10,21-22H2,1-3H3,(H2,23,27)(H,24,29)(H,25,28)(H,26,30)(H,31,32). The summed E-state index contributed by atoms with van der Waals surface area (Å²) in [5.74, 6) is -3.64. The number of carboxylic acids is 1. The van der Waals surface area contributed by atoms with Crippen LogP contribution in [0, 0.1) is 5.92 Å². The topological polar surface area (TPSA) is 220 Å². The van der Waals surface area contributed by atoms with Gasteiger partial charge in [-0.1, -0.05) is 13.8 Å². The second-order valence-electron chi connectivity index (χ2n) is 8.22. The molecule has 10 N–H and O–H groups in total. The number of carbonyl (C=O) groups excluding carboxylic acids is 4. The molecule has 12 nitrogen and oxygen atoms in total. The van der Waals surface area contributed by atoms with E-state index in [1.54, 1.807) is 0 Å². The van der Waals surface area contributed by atoms with Gasteiger partial charge in [-0.3, -0.25) is 19.2 Å². The maximum absolute atomic E-state index is 12.7. The molecule has 12 heteroatoms. The number of hydrogen-bond acceptors (Lipinski definition) is 7.